The van der Waals surface area contributed by atoms with Gasteiger partial charge in [-0.3, -0.25) is 0 Å². The Morgan fingerprint density at radius 3 is 2.27 bits per heavy atom. The smallest absolute Gasteiger partial charge is 0.294 e. The molecule has 0 bridgehead atoms. The summed E-state index contributed by atoms with van der Waals surface area (Å²) in [5.41, 5.74) is 0. The maximum atomic E-state index is 9.84. The highest BCUT2D eigenvalue weighted by molar-refractivity contribution is 4.51. The lowest BCUT2D eigenvalue weighted by molar-refractivity contribution is -0.767. The molecule has 0 saturated heterocycles. The van der Waals surface area contributed by atoms with E-state index in [1.165, 1.54) is 0 Å². The first-order chi connectivity index (χ1) is 5.02. The van der Waals surface area contributed by atoms with Crippen LogP contribution in [-0.4, -0.2) is 11.2 Å². The minimum absolute atomic E-state index is 0.271. The first kappa shape index (κ1) is 10.2. The van der Waals surface area contributed by atoms with E-state index >= 15 is 0 Å². The Morgan fingerprint density at radius 1 is 1.36 bits per heavy atom. The Bertz CT molecular complexity index is 125. The zero-order valence-corrected chi connectivity index (χ0v) is 7.24. The molecule has 11 heavy (non-hydrogen) atoms. The Labute approximate surface area is 66.6 Å². The summed E-state index contributed by atoms with van der Waals surface area (Å²) in [5.74, 6) is 0.577. The predicted molar refractivity (Wildman–Crippen MR) is 41.6 cm³/mol. The fraction of sp³-hybridized carbons (Fsp3) is 1.00. The van der Waals surface area contributed by atoms with E-state index in [1.54, 1.807) is 6.92 Å². The largest absolute Gasteiger partial charge is 0.311 e. The predicted octanol–water partition coefficient (Wildman–Crippen LogP) is 2.02. The molecule has 0 fully saturated rings. The van der Waals surface area contributed by atoms with Gasteiger partial charge in [0.25, 0.3) is 5.09 Å². The van der Waals surface area contributed by atoms with Gasteiger partial charge in [-0.05, 0) is 25.7 Å². The number of rotatable bonds is 5. The van der Waals surface area contributed by atoms with E-state index in [0.717, 1.165) is 12.8 Å². The summed E-state index contributed by atoms with van der Waals surface area (Å²) in [7, 11) is 0. The topological polar surface area (TPSA) is 52.4 Å². The van der Waals surface area contributed by atoms with Crippen molar-refractivity contribution in [2.24, 2.45) is 5.92 Å². The Kier molecular flexibility index (Phi) is 4.57. The lowest BCUT2D eigenvalue weighted by Gasteiger charge is -2.09. The molecule has 0 amide bonds. The van der Waals surface area contributed by atoms with Crippen molar-refractivity contribution in [3.8, 4) is 0 Å². The highest BCUT2D eigenvalue weighted by Crippen LogP contribution is 2.08. The van der Waals surface area contributed by atoms with Crippen LogP contribution < -0.4 is 0 Å². The van der Waals surface area contributed by atoms with Gasteiger partial charge in [0.2, 0.25) is 0 Å². The Balaban J connectivity index is 3.37. The average molecular weight is 161 g/mol. The summed E-state index contributed by atoms with van der Waals surface area (Å²) in [4.78, 5) is 14.2. The third-order valence-corrected chi connectivity index (χ3v) is 1.42. The highest BCUT2D eigenvalue weighted by atomic mass is 17.0. The lowest BCUT2D eigenvalue weighted by atomic mass is 10.1. The molecule has 0 aromatic heterocycles. The van der Waals surface area contributed by atoms with Crippen molar-refractivity contribution in [3.63, 3.8) is 0 Å². The van der Waals surface area contributed by atoms with Crippen molar-refractivity contribution in [3.05, 3.63) is 10.1 Å². The SMILES string of the molecule is CC(C)CC[C@H](C)O[N+](=O)[O-]. The van der Waals surface area contributed by atoms with E-state index in [4.69, 9.17) is 0 Å². The minimum atomic E-state index is -0.731. The molecular weight excluding hydrogens is 146 g/mol. The molecule has 0 saturated carbocycles. The van der Waals surface area contributed by atoms with Gasteiger partial charge in [0.15, 0.2) is 0 Å². The normalized spacial score (nSPS) is 13.1. The number of hydrogen-bond acceptors (Lipinski definition) is 3. The van der Waals surface area contributed by atoms with Crippen LogP contribution in [0, 0.1) is 16.0 Å². The van der Waals surface area contributed by atoms with Crippen molar-refractivity contribution >= 4 is 0 Å². The Morgan fingerprint density at radius 2 is 1.91 bits per heavy atom. The van der Waals surface area contributed by atoms with Crippen molar-refractivity contribution in [1.29, 1.82) is 0 Å². The molecule has 0 radical (unpaired) electrons. The Hall–Kier alpha value is -0.800. The molecule has 0 aromatic carbocycles. The second-order valence-electron chi connectivity index (χ2n) is 3.11. The van der Waals surface area contributed by atoms with Gasteiger partial charge in [0.1, 0.15) is 6.10 Å². The average Bonchev–Trinajstić information content (AvgIpc) is 1.82. The first-order valence-corrected chi connectivity index (χ1v) is 3.83. The van der Waals surface area contributed by atoms with Crippen LogP contribution in [0.5, 0.6) is 0 Å². The van der Waals surface area contributed by atoms with Gasteiger partial charge >= 0.3 is 0 Å². The second-order valence-corrected chi connectivity index (χ2v) is 3.11. The van der Waals surface area contributed by atoms with Gasteiger partial charge < -0.3 is 4.84 Å². The zero-order chi connectivity index (χ0) is 8.85. The third kappa shape index (κ3) is 7.09. The maximum absolute atomic E-state index is 9.84. The molecule has 0 aliphatic rings. The fourth-order valence-electron chi connectivity index (χ4n) is 0.768. The van der Waals surface area contributed by atoms with E-state index in [-0.39, 0.29) is 6.10 Å². The van der Waals surface area contributed by atoms with Crippen LogP contribution >= 0.6 is 0 Å². The molecule has 0 aliphatic carbocycles. The summed E-state index contributed by atoms with van der Waals surface area (Å²) in [6, 6.07) is 0. The quantitative estimate of drug-likeness (QED) is 0.458. The molecule has 0 aromatic rings. The van der Waals surface area contributed by atoms with E-state index in [9.17, 15) is 10.1 Å². The molecular formula is C7H15NO3. The minimum Gasteiger partial charge on any atom is -0.311 e. The zero-order valence-electron chi connectivity index (χ0n) is 7.24. The van der Waals surface area contributed by atoms with Gasteiger partial charge in [-0.25, -0.2) is 0 Å². The van der Waals surface area contributed by atoms with Gasteiger partial charge in [-0.1, -0.05) is 13.8 Å². The monoisotopic (exact) mass is 161 g/mol. The molecule has 0 rings (SSSR count). The van der Waals surface area contributed by atoms with Crippen molar-refractivity contribution in [2.75, 3.05) is 0 Å². The fourth-order valence-corrected chi connectivity index (χ4v) is 0.768. The first-order valence-electron chi connectivity index (χ1n) is 3.83. The molecule has 0 heterocycles. The molecule has 0 unspecified atom stereocenters. The van der Waals surface area contributed by atoms with Crippen molar-refractivity contribution in [2.45, 2.75) is 39.7 Å². The third-order valence-electron chi connectivity index (χ3n) is 1.42. The lowest BCUT2D eigenvalue weighted by Crippen LogP contribution is -2.13. The number of hydrogen-bond donors (Lipinski definition) is 0. The molecule has 4 nitrogen and oxygen atoms in total. The van der Waals surface area contributed by atoms with Crippen LogP contribution in [0.3, 0.4) is 0 Å². The summed E-state index contributed by atoms with van der Waals surface area (Å²) >= 11 is 0. The standard InChI is InChI=1S/C7H15NO3/c1-6(2)4-5-7(3)11-8(9)10/h6-7H,4-5H2,1-3H3/t7-/m0/s1. The van der Waals surface area contributed by atoms with Crippen LogP contribution in [0.2, 0.25) is 0 Å². The molecule has 0 aliphatic heterocycles. The van der Waals surface area contributed by atoms with Crippen LogP contribution in [0.1, 0.15) is 33.6 Å². The second kappa shape index (κ2) is 4.93. The summed E-state index contributed by atoms with van der Waals surface area (Å²) in [6.45, 7) is 5.88. The van der Waals surface area contributed by atoms with Crippen LogP contribution in [0.15, 0.2) is 0 Å². The number of nitrogens with zero attached hydrogens (tertiary/aromatic N) is 1. The van der Waals surface area contributed by atoms with Crippen molar-refractivity contribution in [1.82, 2.24) is 0 Å². The van der Waals surface area contributed by atoms with Gasteiger partial charge in [0, 0.05) is 0 Å². The van der Waals surface area contributed by atoms with Gasteiger partial charge in [0.05, 0.1) is 0 Å². The highest BCUT2D eigenvalue weighted by Gasteiger charge is 2.06. The van der Waals surface area contributed by atoms with Crippen LogP contribution in [0.25, 0.3) is 0 Å². The van der Waals surface area contributed by atoms with Gasteiger partial charge in [-0.2, -0.15) is 0 Å². The van der Waals surface area contributed by atoms with E-state index in [2.05, 4.69) is 18.7 Å². The van der Waals surface area contributed by atoms with E-state index < -0.39 is 5.09 Å². The van der Waals surface area contributed by atoms with Crippen molar-refractivity contribution < 1.29 is 9.92 Å². The molecule has 66 valence electrons. The maximum Gasteiger partial charge on any atom is 0.294 e. The van der Waals surface area contributed by atoms with Gasteiger partial charge in [-0.15, -0.1) is 10.1 Å². The molecule has 1 atom stereocenters. The van der Waals surface area contributed by atoms with Crippen LogP contribution in [-0.2, 0) is 4.84 Å². The van der Waals surface area contributed by atoms with E-state index in [0.29, 0.717) is 5.92 Å². The van der Waals surface area contributed by atoms with E-state index in [1.807, 2.05) is 0 Å². The summed E-state index contributed by atoms with van der Waals surface area (Å²) < 4.78 is 0. The molecule has 0 N–H and O–H groups in total. The molecule has 4 heteroatoms. The summed E-state index contributed by atoms with van der Waals surface area (Å²) in [6.07, 6.45) is 1.44. The summed E-state index contributed by atoms with van der Waals surface area (Å²) in [5, 5.41) is 9.11. The molecule has 0 spiro atoms. The van der Waals surface area contributed by atoms with Crippen LogP contribution in [0.4, 0.5) is 0 Å².